The van der Waals surface area contributed by atoms with E-state index in [2.05, 4.69) is 48.0 Å². The Bertz CT molecular complexity index is 587. The zero-order valence-electron chi connectivity index (χ0n) is 12.0. The minimum Gasteiger partial charge on any atom is -0.356 e. The number of aromatic nitrogens is 4. The molecule has 3 rings (SSSR count). The zero-order chi connectivity index (χ0) is 13.6. The van der Waals surface area contributed by atoms with Crippen LogP contribution >= 0.6 is 0 Å². The highest BCUT2D eigenvalue weighted by molar-refractivity contribution is 5.36. The predicted octanol–water partition coefficient (Wildman–Crippen LogP) is 2.32. The van der Waals surface area contributed by atoms with Gasteiger partial charge in [0.25, 0.3) is 0 Å². The van der Waals surface area contributed by atoms with Gasteiger partial charge in [0.1, 0.15) is 0 Å². The lowest BCUT2D eigenvalue weighted by molar-refractivity contribution is 0.490. The van der Waals surface area contributed by atoms with Crippen LogP contribution in [0.4, 0.5) is 5.95 Å². The van der Waals surface area contributed by atoms with Gasteiger partial charge < -0.3 is 9.88 Å². The largest absolute Gasteiger partial charge is 0.356 e. The molecular formula is C14H21N5. The van der Waals surface area contributed by atoms with Crippen molar-refractivity contribution in [3.05, 3.63) is 29.8 Å². The molecule has 0 fully saturated rings. The second-order valence-electron chi connectivity index (χ2n) is 6.22. The SMILES string of the molecule is Cn1nccc1C1CCNc2nc(C(C)(C)C)cn21. The summed E-state index contributed by atoms with van der Waals surface area (Å²) in [5.74, 6) is 0.974. The first-order valence-corrected chi connectivity index (χ1v) is 6.78. The molecule has 1 unspecified atom stereocenters. The molecule has 2 aromatic heterocycles. The summed E-state index contributed by atoms with van der Waals surface area (Å²) in [6.45, 7) is 7.54. The van der Waals surface area contributed by atoms with Gasteiger partial charge in [0, 0.05) is 31.4 Å². The molecule has 1 atom stereocenters. The van der Waals surface area contributed by atoms with Crippen LogP contribution in [0.15, 0.2) is 18.5 Å². The molecule has 0 saturated carbocycles. The van der Waals surface area contributed by atoms with Crippen LogP contribution in [0.5, 0.6) is 0 Å². The van der Waals surface area contributed by atoms with Gasteiger partial charge in [0.2, 0.25) is 5.95 Å². The van der Waals surface area contributed by atoms with Crippen molar-refractivity contribution < 1.29 is 0 Å². The van der Waals surface area contributed by atoms with Crippen LogP contribution in [-0.4, -0.2) is 25.9 Å². The maximum atomic E-state index is 4.73. The first-order chi connectivity index (χ1) is 8.97. The van der Waals surface area contributed by atoms with E-state index in [0.29, 0.717) is 6.04 Å². The van der Waals surface area contributed by atoms with E-state index in [1.807, 2.05) is 17.9 Å². The fraction of sp³-hybridized carbons (Fsp3) is 0.571. The van der Waals surface area contributed by atoms with Crippen molar-refractivity contribution in [1.82, 2.24) is 19.3 Å². The van der Waals surface area contributed by atoms with Gasteiger partial charge in [-0.1, -0.05) is 20.8 Å². The van der Waals surface area contributed by atoms with Crippen molar-refractivity contribution in [2.45, 2.75) is 38.6 Å². The summed E-state index contributed by atoms with van der Waals surface area (Å²) < 4.78 is 4.21. The fourth-order valence-electron chi connectivity index (χ4n) is 2.58. The fourth-order valence-corrected chi connectivity index (χ4v) is 2.58. The lowest BCUT2D eigenvalue weighted by Gasteiger charge is -2.26. The van der Waals surface area contributed by atoms with Gasteiger partial charge in [-0.15, -0.1) is 0 Å². The quantitative estimate of drug-likeness (QED) is 0.855. The monoisotopic (exact) mass is 259 g/mol. The van der Waals surface area contributed by atoms with E-state index in [-0.39, 0.29) is 5.41 Å². The molecule has 19 heavy (non-hydrogen) atoms. The molecule has 0 radical (unpaired) electrons. The second-order valence-corrected chi connectivity index (χ2v) is 6.22. The average molecular weight is 259 g/mol. The van der Waals surface area contributed by atoms with Gasteiger partial charge >= 0.3 is 0 Å². The van der Waals surface area contributed by atoms with E-state index < -0.39 is 0 Å². The standard InChI is InChI=1S/C14H21N5/c1-14(2,3)12-9-19-11(5-7-15-13(19)17-12)10-6-8-16-18(10)4/h6,8-9,11H,5,7H2,1-4H3,(H,15,17). The zero-order valence-corrected chi connectivity index (χ0v) is 12.0. The van der Waals surface area contributed by atoms with Gasteiger partial charge in [-0.3, -0.25) is 4.68 Å². The Labute approximate surface area is 113 Å². The second kappa shape index (κ2) is 4.11. The Morgan fingerprint density at radius 3 is 2.79 bits per heavy atom. The van der Waals surface area contributed by atoms with Crippen molar-refractivity contribution in [3.8, 4) is 0 Å². The maximum Gasteiger partial charge on any atom is 0.203 e. The third-order valence-corrected chi connectivity index (χ3v) is 3.74. The molecule has 0 saturated heterocycles. The minimum absolute atomic E-state index is 0.0724. The molecule has 0 amide bonds. The number of hydrogen-bond donors (Lipinski definition) is 1. The minimum atomic E-state index is 0.0724. The number of aryl methyl sites for hydroxylation is 1. The lowest BCUT2D eigenvalue weighted by atomic mass is 9.93. The average Bonchev–Trinajstić information content (AvgIpc) is 2.93. The summed E-state index contributed by atoms with van der Waals surface area (Å²) in [5, 5.41) is 7.67. The number of anilines is 1. The van der Waals surface area contributed by atoms with Crippen LogP contribution in [0, 0.1) is 0 Å². The molecule has 1 aliphatic heterocycles. The van der Waals surface area contributed by atoms with Gasteiger partial charge in [0.05, 0.1) is 17.4 Å². The summed E-state index contributed by atoms with van der Waals surface area (Å²) >= 11 is 0. The van der Waals surface area contributed by atoms with Gasteiger partial charge in [-0.25, -0.2) is 4.98 Å². The van der Waals surface area contributed by atoms with Gasteiger partial charge in [0.15, 0.2) is 0 Å². The van der Waals surface area contributed by atoms with E-state index in [4.69, 9.17) is 4.98 Å². The maximum absolute atomic E-state index is 4.73. The van der Waals surface area contributed by atoms with E-state index >= 15 is 0 Å². The number of nitrogens with zero attached hydrogens (tertiary/aromatic N) is 4. The van der Waals surface area contributed by atoms with Crippen molar-refractivity contribution in [1.29, 1.82) is 0 Å². The molecule has 1 aliphatic rings. The summed E-state index contributed by atoms with van der Waals surface area (Å²) in [5.41, 5.74) is 2.44. The van der Waals surface area contributed by atoms with E-state index in [1.165, 1.54) is 5.69 Å². The Hall–Kier alpha value is -1.78. The predicted molar refractivity (Wildman–Crippen MR) is 75.4 cm³/mol. The summed E-state index contributed by atoms with van der Waals surface area (Å²) in [7, 11) is 2.00. The number of hydrogen-bond acceptors (Lipinski definition) is 3. The molecule has 2 aromatic rings. The van der Waals surface area contributed by atoms with E-state index in [0.717, 1.165) is 24.6 Å². The summed E-state index contributed by atoms with van der Waals surface area (Å²) in [4.78, 5) is 4.73. The number of rotatable bonds is 1. The molecule has 5 nitrogen and oxygen atoms in total. The highest BCUT2D eigenvalue weighted by atomic mass is 15.3. The van der Waals surface area contributed by atoms with Crippen molar-refractivity contribution in [2.24, 2.45) is 7.05 Å². The van der Waals surface area contributed by atoms with Crippen molar-refractivity contribution in [2.75, 3.05) is 11.9 Å². The number of nitrogens with one attached hydrogen (secondary N) is 1. The third-order valence-electron chi connectivity index (χ3n) is 3.74. The summed E-state index contributed by atoms with van der Waals surface area (Å²) in [6.07, 6.45) is 5.10. The first-order valence-electron chi connectivity index (χ1n) is 6.78. The van der Waals surface area contributed by atoms with Crippen LogP contribution in [0.2, 0.25) is 0 Å². The third kappa shape index (κ3) is 2.03. The number of imidazole rings is 1. The topological polar surface area (TPSA) is 47.7 Å². The Morgan fingerprint density at radius 2 is 2.16 bits per heavy atom. The Kier molecular flexibility index (Phi) is 2.66. The van der Waals surface area contributed by atoms with Crippen molar-refractivity contribution >= 4 is 5.95 Å². The van der Waals surface area contributed by atoms with Crippen LogP contribution < -0.4 is 5.32 Å². The summed E-state index contributed by atoms with van der Waals surface area (Å²) in [6, 6.07) is 2.42. The molecule has 0 bridgehead atoms. The Morgan fingerprint density at radius 1 is 1.37 bits per heavy atom. The van der Waals surface area contributed by atoms with E-state index in [9.17, 15) is 0 Å². The molecule has 0 aromatic carbocycles. The van der Waals surface area contributed by atoms with Crippen LogP contribution in [-0.2, 0) is 12.5 Å². The molecule has 1 N–H and O–H groups in total. The molecule has 3 heterocycles. The molecule has 0 aliphatic carbocycles. The molecule has 5 heteroatoms. The Balaban J connectivity index is 2.05. The molecule has 102 valence electrons. The van der Waals surface area contributed by atoms with Crippen LogP contribution in [0.3, 0.4) is 0 Å². The lowest BCUT2D eigenvalue weighted by Crippen LogP contribution is -2.24. The van der Waals surface area contributed by atoms with Crippen LogP contribution in [0.1, 0.15) is 44.6 Å². The highest BCUT2D eigenvalue weighted by Gasteiger charge is 2.27. The highest BCUT2D eigenvalue weighted by Crippen LogP contribution is 2.32. The normalized spacial score (nSPS) is 19.1. The first kappa shape index (κ1) is 12.3. The van der Waals surface area contributed by atoms with Gasteiger partial charge in [-0.2, -0.15) is 5.10 Å². The van der Waals surface area contributed by atoms with Gasteiger partial charge in [-0.05, 0) is 12.5 Å². The van der Waals surface area contributed by atoms with Crippen molar-refractivity contribution in [3.63, 3.8) is 0 Å². The van der Waals surface area contributed by atoms with E-state index in [1.54, 1.807) is 0 Å². The number of fused-ring (bicyclic) bond motifs is 1. The molecular weight excluding hydrogens is 238 g/mol. The van der Waals surface area contributed by atoms with Crippen LogP contribution in [0.25, 0.3) is 0 Å². The smallest absolute Gasteiger partial charge is 0.203 e. The molecule has 0 spiro atoms.